The summed E-state index contributed by atoms with van der Waals surface area (Å²) in [5, 5.41) is 4.11. The van der Waals surface area contributed by atoms with Crippen molar-refractivity contribution in [3.8, 4) is 0 Å². The van der Waals surface area contributed by atoms with Gasteiger partial charge in [0.05, 0.1) is 6.20 Å². The fraction of sp³-hybridized carbons (Fsp3) is 0.125. The monoisotopic (exact) mass is 239 g/mol. The zero-order valence-electron chi connectivity index (χ0n) is 6.86. The van der Waals surface area contributed by atoms with E-state index in [1.165, 1.54) is 17.6 Å². The van der Waals surface area contributed by atoms with E-state index in [-0.39, 0.29) is 5.78 Å². The van der Waals surface area contributed by atoms with Crippen molar-refractivity contribution in [2.75, 3.05) is 0 Å². The first kappa shape index (κ1) is 8.37. The van der Waals surface area contributed by atoms with Crippen molar-refractivity contribution >= 4 is 27.4 Å². The van der Waals surface area contributed by atoms with E-state index in [0.717, 1.165) is 0 Å². The molecule has 0 bridgehead atoms. The molecular formula is C8H6BrN3O. The van der Waals surface area contributed by atoms with Crippen LogP contribution in [0.4, 0.5) is 0 Å². The van der Waals surface area contributed by atoms with Crippen molar-refractivity contribution in [3.63, 3.8) is 0 Å². The molecule has 0 atom stereocenters. The highest BCUT2D eigenvalue weighted by Crippen LogP contribution is 2.09. The summed E-state index contributed by atoms with van der Waals surface area (Å²) in [6, 6.07) is 3.58. The molecule has 0 aliphatic heterocycles. The lowest BCUT2D eigenvalue weighted by atomic mass is 10.3. The van der Waals surface area contributed by atoms with Crippen molar-refractivity contribution in [2.45, 2.75) is 6.92 Å². The number of halogens is 1. The minimum atomic E-state index is -0.0434. The maximum atomic E-state index is 11.1. The SMILES string of the molecule is CC(=O)c1cnc2ccc(Br)nn12. The number of hydrogen-bond acceptors (Lipinski definition) is 3. The first-order chi connectivity index (χ1) is 6.18. The molecule has 66 valence electrons. The van der Waals surface area contributed by atoms with Crippen LogP contribution in [0.25, 0.3) is 5.65 Å². The van der Waals surface area contributed by atoms with Gasteiger partial charge >= 0.3 is 0 Å². The Morgan fingerprint density at radius 1 is 1.54 bits per heavy atom. The Hall–Kier alpha value is -1.23. The van der Waals surface area contributed by atoms with Crippen LogP contribution in [0.2, 0.25) is 0 Å². The van der Waals surface area contributed by atoms with Crippen molar-refractivity contribution in [3.05, 3.63) is 28.6 Å². The van der Waals surface area contributed by atoms with Crippen LogP contribution in [0.1, 0.15) is 17.4 Å². The molecule has 0 aromatic carbocycles. The average molecular weight is 240 g/mol. The molecule has 2 rings (SSSR count). The second kappa shape index (κ2) is 2.92. The molecule has 0 saturated heterocycles. The van der Waals surface area contributed by atoms with Crippen LogP contribution < -0.4 is 0 Å². The highest BCUT2D eigenvalue weighted by molar-refractivity contribution is 9.10. The van der Waals surface area contributed by atoms with Crippen LogP contribution in [0.5, 0.6) is 0 Å². The molecule has 0 spiro atoms. The molecule has 0 unspecified atom stereocenters. The predicted molar refractivity (Wildman–Crippen MR) is 50.7 cm³/mol. The zero-order chi connectivity index (χ0) is 9.42. The summed E-state index contributed by atoms with van der Waals surface area (Å²) < 4.78 is 2.20. The molecule has 0 saturated carbocycles. The summed E-state index contributed by atoms with van der Waals surface area (Å²) >= 11 is 3.23. The van der Waals surface area contributed by atoms with Gasteiger partial charge in [-0.3, -0.25) is 4.79 Å². The largest absolute Gasteiger partial charge is 0.293 e. The Kier molecular flexibility index (Phi) is 1.88. The number of hydrogen-bond donors (Lipinski definition) is 0. The van der Waals surface area contributed by atoms with E-state index in [4.69, 9.17) is 0 Å². The number of carbonyl (C=O) groups excluding carboxylic acids is 1. The maximum Gasteiger partial charge on any atom is 0.179 e. The van der Waals surface area contributed by atoms with E-state index in [9.17, 15) is 4.79 Å². The molecule has 2 aromatic rings. The standard InChI is InChI=1S/C8H6BrN3O/c1-5(13)6-4-10-8-3-2-7(9)11-12(6)8/h2-4H,1H3. The van der Waals surface area contributed by atoms with Crippen molar-refractivity contribution in [2.24, 2.45) is 0 Å². The smallest absolute Gasteiger partial charge is 0.179 e. The molecule has 13 heavy (non-hydrogen) atoms. The lowest BCUT2D eigenvalue weighted by Gasteiger charge is -1.95. The minimum absolute atomic E-state index is 0.0434. The first-order valence-electron chi connectivity index (χ1n) is 3.70. The lowest BCUT2D eigenvalue weighted by Crippen LogP contribution is -2.01. The third-order valence-corrected chi connectivity index (χ3v) is 2.11. The van der Waals surface area contributed by atoms with E-state index >= 15 is 0 Å². The van der Waals surface area contributed by atoms with E-state index in [0.29, 0.717) is 15.9 Å². The molecule has 5 heteroatoms. The van der Waals surface area contributed by atoms with E-state index < -0.39 is 0 Å². The normalized spacial score (nSPS) is 10.6. The Morgan fingerprint density at radius 3 is 3.00 bits per heavy atom. The van der Waals surface area contributed by atoms with Gasteiger partial charge < -0.3 is 0 Å². The number of imidazole rings is 1. The highest BCUT2D eigenvalue weighted by Gasteiger charge is 2.08. The molecule has 0 aliphatic carbocycles. The van der Waals surface area contributed by atoms with Gasteiger partial charge in [0.15, 0.2) is 11.4 Å². The van der Waals surface area contributed by atoms with E-state index in [2.05, 4.69) is 26.0 Å². The van der Waals surface area contributed by atoms with E-state index in [1.54, 1.807) is 12.1 Å². The van der Waals surface area contributed by atoms with Gasteiger partial charge in [0.1, 0.15) is 10.3 Å². The highest BCUT2D eigenvalue weighted by atomic mass is 79.9. The molecule has 0 fully saturated rings. The maximum absolute atomic E-state index is 11.1. The molecule has 0 N–H and O–H groups in total. The summed E-state index contributed by atoms with van der Waals surface area (Å²) in [6.45, 7) is 1.49. The molecule has 0 radical (unpaired) electrons. The number of nitrogens with zero attached hydrogens (tertiary/aromatic N) is 3. The van der Waals surface area contributed by atoms with Gasteiger partial charge in [-0.2, -0.15) is 5.10 Å². The number of carbonyl (C=O) groups is 1. The topological polar surface area (TPSA) is 47.3 Å². The number of fused-ring (bicyclic) bond motifs is 1. The Bertz CT molecular complexity index is 477. The van der Waals surface area contributed by atoms with Gasteiger partial charge in [-0.15, -0.1) is 0 Å². The van der Waals surface area contributed by atoms with Gasteiger partial charge in [0.2, 0.25) is 0 Å². The third kappa shape index (κ3) is 1.35. The Morgan fingerprint density at radius 2 is 2.31 bits per heavy atom. The summed E-state index contributed by atoms with van der Waals surface area (Å²) in [5.41, 5.74) is 1.17. The summed E-state index contributed by atoms with van der Waals surface area (Å²) in [4.78, 5) is 15.2. The molecule has 2 aromatic heterocycles. The van der Waals surface area contributed by atoms with Gasteiger partial charge in [-0.1, -0.05) is 0 Å². The average Bonchev–Trinajstić information content (AvgIpc) is 2.46. The van der Waals surface area contributed by atoms with Gasteiger partial charge in [-0.05, 0) is 28.1 Å². The number of aromatic nitrogens is 3. The second-order valence-electron chi connectivity index (χ2n) is 2.63. The van der Waals surface area contributed by atoms with Crippen LogP contribution in [0, 0.1) is 0 Å². The molecule has 0 amide bonds. The van der Waals surface area contributed by atoms with Gasteiger partial charge in [0.25, 0.3) is 0 Å². The molecule has 2 heterocycles. The minimum Gasteiger partial charge on any atom is -0.293 e. The fourth-order valence-electron chi connectivity index (χ4n) is 1.09. The van der Waals surface area contributed by atoms with Crippen LogP contribution >= 0.6 is 15.9 Å². The van der Waals surface area contributed by atoms with Crippen LogP contribution in [0.3, 0.4) is 0 Å². The van der Waals surface area contributed by atoms with Crippen LogP contribution in [0.15, 0.2) is 22.9 Å². The Labute approximate surface area is 82.7 Å². The third-order valence-electron chi connectivity index (χ3n) is 1.69. The summed E-state index contributed by atoms with van der Waals surface area (Å²) in [7, 11) is 0. The molecule has 0 aliphatic rings. The first-order valence-corrected chi connectivity index (χ1v) is 4.49. The second-order valence-corrected chi connectivity index (χ2v) is 3.44. The van der Waals surface area contributed by atoms with Gasteiger partial charge in [0, 0.05) is 6.92 Å². The number of ketones is 1. The number of rotatable bonds is 1. The van der Waals surface area contributed by atoms with E-state index in [1.807, 2.05) is 0 Å². The molecule has 4 nitrogen and oxygen atoms in total. The van der Waals surface area contributed by atoms with Crippen LogP contribution in [-0.2, 0) is 0 Å². The van der Waals surface area contributed by atoms with Crippen molar-refractivity contribution in [1.82, 2.24) is 14.6 Å². The quantitative estimate of drug-likeness (QED) is 0.712. The predicted octanol–water partition coefficient (Wildman–Crippen LogP) is 1.69. The van der Waals surface area contributed by atoms with Crippen molar-refractivity contribution in [1.29, 1.82) is 0 Å². The van der Waals surface area contributed by atoms with Crippen molar-refractivity contribution < 1.29 is 4.79 Å². The number of Topliss-reactive ketones (excluding diaryl/α,β-unsaturated/α-hetero) is 1. The molecular weight excluding hydrogens is 234 g/mol. The zero-order valence-corrected chi connectivity index (χ0v) is 8.45. The fourth-order valence-corrected chi connectivity index (χ4v) is 1.38. The lowest BCUT2D eigenvalue weighted by molar-refractivity contribution is 0.101. The Balaban J connectivity index is 2.79. The van der Waals surface area contributed by atoms with Crippen LogP contribution in [-0.4, -0.2) is 20.4 Å². The van der Waals surface area contributed by atoms with Gasteiger partial charge in [-0.25, -0.2) is 9.50 Å². The summed E-state index contributed by atoms with van der Waals surface area (Å²) in [5.74, 6) is -0.0434. The summed E-state index contributed by atoms with van der Waals surface area (Å²) in [6.07, 6.45) is 1.52.